The average molecular weight is 317 g/mol. The SMILES string of the molecule is COC(=O)C(C)CSCc1cc(Cl)c2c(c1)OCCO2. The molecule has 1 aromatic rings. The van der Waals surface area contributed by atoms with Gasteiger partial charge in [-0.1, -0.05) is 18.5 Å². The summed E-state index contributed by atoms with van der Waals surface area (Å²) in [5, 5.41) is 0.568. The van der Waals surface area contributed by atoms with E-state index in [0.29, 0.717) is 35.5 Å². The first-order valence-electron chi connectivity index (χ1n) is 6.35. The number of halogens is 1. The fourth-order valence-corrected chi connectivity index (χ4v) is 3.17. The third kappa shape index (κ3) is 3.73. The lowest BCUT2D eigenvalue weighted by atomic mass is 10.2. The number of benzene rings is 1. The average Bonchev–Trinajstić information content (AvgIpc) is 2.46. The van der Waals surface area contributed by atoms with Crippen LogP contribution in [0.2, 0.25) is 5.02 Å². The molecule has 1 aliphatic heterocycles. The largest absolute Gasteiger partial charge is 0.486 e. The summed E-state index contributed by atoms with van der Waals surface area (Å²) in [4.78, 5) is 11.3. The molecule has 110 valence electrons. The molecule has 0 radical (unpaired) electrons. The summed E-state index contributed by atoms with van der Waals surface area (Å²) < 4.78 is 15.7. The molecule has 0 amide bonds. The van der Waals surface area contributed by atoms with Gasteiger partial charge in [-0.3, -0.25) is 4.79 Å². The van der Waals surface area contributed by atoms with E-state index in [9.17, 15) is 4.79 Å². The van der Waals surface area contributed by atoms with Crippen LogP contribution in [-0.4, -0.2) is 32.0 Å². The Morgan fingerprint density at radius 3 is 2.95 bits per heavy atom. The molecule has 1 aromatic carbocycles. The van der Waals surface area contributed by atoms with Gasteiger partial charge in [0, 0.05) is 11.5 Å². The number of carbonyl (C=O) groups is 1. The molecule has 0 aromatic heterocycles. The summed E-state index contributed by atoms with van der Waals surface area (Å²) in [6.45, 7) is 2.92. The summed E-state index contributed by atoms with van der Waals surface area (Å²) in [7, 11) is 1.41. The number of esters is 1. The predicted molar refractivity (Wildman–Crippen MR) is 79.8 cm³/mol. The van der Waals surface area contributed by atoms with Crippen LogP contribution in [0.4, 0.5) is 0 Å². The Labute approximate surface area is 127 Å². The molecular formula is C14H17ClO4S. The Kier molecular flexibility index (Phi) is 5.43. The molecule has 4 nitrogen and oxygen atoms in total. The van der Waals surface area contributed by atoms with E-state index in [2.05, 4.69) is 0 Å². The highest BCUT2D eigenvalue weighted by Crippen LogP contribution is 2.39. The van der Waals surface area contributed by atoms with Gasteiger partial charge in [0.1, 0.15) is 13.2 Å². The quantitative estimate of drug-likeness (QED) is 0.781. The van der Waals surface area contributed by atoms with Crippen LogP contribution >= 0.6 is 23.4 Å². The Bertz CT molecular complexity index is 492. The van der Waals surface area contributed by atoms with Crippen LogP contribution in [0.15, 0.2) is 12.1 Å². The molecule has 6 heteroatoms. The van der Waals surface area contributed by atoms with Gasteiger partial charge in [0.2, 0.25) is 0 Å². The number of methoxy groups -OCH3 is 1. The number of hydrogen-bond acceptors (Lipinski definition) is 5. The van der Waals surface area contributed by atoms with Crippen molar-refractivity contribution in [3.05, 3.63) is 22.7 Å². The minimum atomic E-state index is -0.183. The van der Waals surface area contributed by atoms with Crippen molar-refractivity contribution in [3.63, 3.8) is 0 Å². The normalized spacial score (nSPS) is 14.8. The highest BCUT2D eigenvalue weighted by Gasteiger charge is 2.17. The molecule has 0 N–H and O–H groups in total. The number of hydrogen-bond donors (Lipinski definition) is 0. The zero-order valence-corrected chi connectivity index (χ0v) is 13.1. The maximum absolute atomic E-state index is 11.3. The fraction of sp³-hybridized carbons (Fsp3) is 0.500. The Morgan fingerprint density at radius 2 is 2.20 bits per heavy atom. The van der Waals surface area contributed by atoms with Gasteiger partial charge in [-0.25, -0.2) is 0 Å². The van der Waals surface area contributed by atoms with Crippen molar-refractivity contribution in [1.82, 2.24) is 0 Å². The van der Waals surface area contributed by atoms with E-state index in [4.69, 9.17) is 25.8 Å². The number of ether oxygens (including phenoxy) is 3. The lowest BCUT2D eigenvalue weighted by molar-refractivity contribution is -0.143. The molecule has 0 spiro atoms. The Morgan fingerprint density at radius 1 is 1.45 bits per heavy atom. The molecule has 2 rings (SSSR count). The molecule has 0 bridgehead atoms. The van der Waals surface area contributed by atoms with E-state index >= 15 is 0 Å². The van der Waals surface area contributed by atoms with Gasteiger partial charge in [0.25, 0.3) is 0 Å². The summed E-state index contributed by atoms with van der Waals surface area (Å²) in [5.41, 5.74) is 1.06. The summed E-state index contributed by atoms with van der Waals surface area (Å²) in [6.07, 6.45) is 0. The minimum absolute atomic E-state index is 0.113. The fourth-order valence-electron chi connectivity index (χ4n) is 1.87. The van der Waals surface area contributed by atoms with Crippen molar-refractivity contribution in [2.45, 2.75) is 12.7 Å². The van der Waals surface area contributed by atoms with Gasteiger partial charge in [-0.05, 0) is 17.7 Å². The van der Waals surface area contributed by atoms with Crippen molar-refractivity contribution < 1.29 is 19.0 Å². The molecule has 0 fully saturated rings. The van der Waals surface area contributed by atoms with Gasteiger partial charge < -0.3 is 14.2 Å². The molecule has 1 atom stereocenters. The lowest BCUT2D eigenvalue weighted by Crippen LogP contribution is -2.16. The lowest BCUT2D eigenvalue weighted by Gasteiger charge is -2.20. The smallest absolute Gasteiger partial charge is 0.309 e. The first-order valence-corrected chi connectivity index (χ1v) is 7.88. The summed E-state index contributed by atoms with van der Waals surface area (Å²) >= 11 is 7.83. The summed E-state index contributed by atoms with van der Waals surface area (Å²) in [5.74, 6) is 2.49. The van der Waals surface area contributed by atoms with Crippen LogP contribution in [0.25, 0.3) is 0 Å². The van der Waals surface area contributed by atoms with Crippen LogP contribution in [0.3, 0.4) is 0 Å². The molecule has 1 aliphatic rings. The maximum atomic E-state index is 11.3. The second-order valence-electron chi connectivity index (χ2n) is 4.54. The van der Waals surface area contributed by atoms with Gasteiger partial charge in [-0.2, -0.15) is 11.8 Å². The van der Waals surface area contributed by atoms with E-state index in [0.717, 1.165) is 11.3 Å². The second kappa shape index (κ2) is 7.09. The molecule has 20 heavy (non-hydrogen) atoms. The molecule has 1 heterocycles. The van der Waals surface area contributed by atoms with Crippen LogP contribution in [0.1, 0.15) is 12.5 Å². The summed E-state index contributed by atoms with van der Waals surface area (Å²) in [6, 6.07) is 3.82. The van der Waals surface area contributed by atoms with Crippen molar-refractivity contribution in [2.75, 3.05) is 26.1 Å². The topological polar surface area (TPSA) is 44.8 Å². The van der Waals surface area contributed by atoms with E-state index in [-0.39, 0.29) is 11.9 Å². The highest BCUT2D eigenvalue weighted by molar-refractivity contribution is 7.98. The third-order valence-corrected chi connectivity index (χ3v) is 4.45. The highest BCUT2D eigenvalue weighted by atomic mass is 35.5. The zero-order chi connectivity index (χ0) is 14.5. The van der Waals surface area contributed by atoms with Crippen LogP contribution in [0.5, 0.6) is 11.5 Å². The Hall–Kier alpha value is -1.07. The zero-order valence-electron chi connectivity index (χ0n) is 11.5. The molecule has 0 saturated carbocycles. The van der Waals surface area contributed by atoms with Crippen LogP contribution in [-0.2, 0) is 15.3 Å². The van der Waals surface area contributed by atoms with E-state index in [1.807, 2.05) is 19.1 Å². The van der Waals surface area contributed by atoms with E-state index < -0.39 is 0 Å². The van der Waals surface area contributed by atoms with E-state index in [1.165, 1.54) is 7.11 Å². The standard InChI is InChI=1S/C14H17ClO4S/c1-9(14(16)17-2)7-20-8-10-5-11(15)13-12(6-10)18-3-4-19-13/h5-6,9H,3-4,7-8H2,1-2H3. The first kappa shape index (κ1) is 15.3. The number of thioether (sulfide) groups is 1. The van der Waals surface area contributed by atoms with Gasteiger partial charge in [-0.15, -0.1) is 0 Å². The predicted octanol–water partition coefficient (Wildman–Crippen LogP) is 3.15. The van der Waals surface area contributed by atoms with Crippen LogP contribution in [0, 0.1) is 5.92 Å². The van der Waals surface area contributed by atoms with E-state index in [1.54, 1.807) is 11.8 Å². The Balaban J connectivity index is 1.93. The molecular weight excluding hydrogens is 300 g/mol. The van der Waals surface area contributed by atoms with Crippen molar-refractivity contribution in [1.29, 1.82) is 0 Å². The van der Waals surface area contributed by atoms with Crippen molar-refractivity contribution in [3.8, 4) is 11.5 Å². The number of rotatable bonds is 5. The molecule has 0 saturated heterocycles. The molecule has 1 unspecified atom stereocenters. The minimum Gasteiger partial charge on any atom is -0.486 e. The first-order chi connectivity index (χ1) is 9.61. The van der Waals surface area contributed by atoms with Crippen LogP contribution < -0.4 is 9.47 Å². The van der Waals surface area contributed by atoms with Gasteiger partial charge in [0.05, 0.1) is 18.1 Å². The molecule has 0 aliphatic carbocycles. The van der Waals surface area contributed by atoms with Crippen molar-refractivity contribution in [2.24, 2.45) is 5.92 Å². The van der Waals surface area contributed by atoms with Crippen molar-refractivity contribution >= 4 is 29.3 Å². The second-order valence-corrected chi connectivity index (χ2v) is 5.98. The maximum Gasteiger partial charge on any atom is 0.309 e. The third-order valence-electron chi connectivity index (χ3n) is 2.90. The number of fused-ring (bicyclic) bond motifs is 1. The van der Waals surface area contributed by atoms with Gasteiger partial charge in [0.15, 0.2) is 11.5 Å². The monoisotopic (exact) mass is 316 g/mol. The number of carbonyl (C=O) groups excluding carboxylic acids is 1. The van der Waals surface area contributed by atoms with Gasteiger partial charge >= 0.3 is 5.97 Å².